The number of benzene rings is 1. The predicted octanol–water partition coefficient (Wildman–Crippen LogP) is 3.57. The van der Waals surface area contributed by atoms with E-state index in [4.69, 9.17) is 12.2 Å². The number of rotatable bonds is 5. The second-order valence-electron chi connectivity index (χ2n) is 5.17. The van der Waals surface area contributed by atoms with Crippen LogP contribution in [0.25, 0.3) is 11.0 Å². The van der Waals surface area contributed by atoms with E-state index >= 15 is 0 Å². The average Bonchev–Trinajstić information content (AvgIpc) is 2.65. The van der Waals surface area contributed by atoms with Crippen molar-refractivity contribution in [3.8, 4) is 0 Å². The van der Waals surface area contributed by atoms with Crippen molar-refractivity contribution in [2.24, 2.45) is 0 Å². The molecule has 0 amide bonds. The minimum Gasteiger partial charge on any atom is -0.331 e. The van der Waals surface area contributed by atoms with Gasteiger partial charge in [-0.3, -0.25) is 0 Å². The van der Waals surface area contributed by atoms with E-state index in [-0.39, 0.29) is 5.82 Å². The lowest BCUT2D eigenvalue weighted by atomic mass is 10.3. The summed E-state index contributed by atoms with van der Waals surface area (Å²) in [4.78, 5) is 5.40. The molecule has 1 heterocycles. The van der Waals surface area contributed by atoms with E-state index in [0.717, 1.165) is 30.5 Å². The number of aromatic amines is 1. The molecule has 0 spiro atoms. The Bertz CT molecular complexity index is 615. The zero-order valence-corrected chi connectivity index (χ0v) is 12.4. The Kier molecular flexibility index (Phi) is 4.37. The summed E-state index contributed by atoms with van der Waals surface area (Å²) in [7, 11) is 2.11. The van der Waals surface area contributed by atoms with Gasteiger partial charge in [0.15, 0.2) is 4.77 Å². The molecule has 0 aliphatic heterocycles. The number of hydrogen-bond acceptors (Lipinski definition) is 2. The predicted molar refractivity (Wildman–Crippen MR) is 79.5 cm³/mol. The maximum Gasteiger partial charge on any atom is 0.178 e. The summed E-state index contributed by atoms with van der Waals surface area (Å²) in [6.07, 6.45) is 0.993. The van der Waals surface area contributed by atoms with Crippen molar-refractivity contribution in [3.05, 3.63) is 28.8 Å². The smallest absolute Gasteiger partial charge is 0.178 e. The number of aromatic nitrogens is 2. The molecule has 0 aliphatic carbocycles. The second kappa shape index (κ2) is 5.84. The van der Waals surface area contributed by atoms with Gasteiger partial charge in [-0.2, -0.15) is 0 Å². The molecular formula is C14H20FN3S. The molecule has 0 atom stereocenters. The summed E-state index contributed by atoms with van der Waals surface area (Å²) in [5.74, 6) is -0.227. The molecule has 1 N–H and O–H groups in total. The molecule has 0 fully saturated rings. The van der Waals surface area contributed by atoms with Gasteiger partial charge in [0, 0.05) is 12.6 Å². The van der Waals surface area contributed by atoms with Gasteiger partial charge in [0.25, 0.3) is 0 Å². The third kappa shape index (κ3) is 3.22. The van der Waals surface area contributed by atoms with Crippen LogP contribution >= 0.6 is 12.2 Å². The summed E-state index contributed by atoms with van der Waals surface area (Å²) in [6.45, 7) is 6.15. The van der Waals surface area contributed by atoms with Crippen LogP contribution in [0.2, 0.25) is 0 Å². The van der Waals surface area contributed by atoms with Crippen LogP contribution in [0.1, 0.15) is 20.3 Å². The molecule has 3 nitrogen and oxygen atoms in total. The van der Waals surface area contributed by atoms with E-state index in [1.807, 2.05) is 4.57 Å². The van der Waals surface area contributed by atoms with Crippen LogP contribution in [0.15, 0.2) is 18.2 Å². The highest BCUT2D eigenvalue weighted by Gasteiger charge is 2.07. The fourth-order valence-corrected chi connectivity index (χ4v) is 2.38. The topological polar surface area (TPSA) is 24.0 Å². The quantitative estimate of drug-likeness (QED) is 0.847. The molecule has 1 aromatic heterocycles. The summed E-state index contributed by atoms with van der Waals surface area (Å²) in [5.41, 5.74) is 1.74. The summed E-state index contributed by atoms with van der Waals surface area (Å²) in [5, 5.41) is 0. The Morgan fingerprint density at radius 2 is 2.16 bits per heavy atom. The standard InChI is InChI=1S/C14H20FN3S/c1-10(2)17(3)7-4-8-18-13-9-11(15)5-6-12(13)16-14(18)19/h5-6,9-10H,4,7-8H2,1-3H3,(H,16,19). The summed E-state index contributed by atoms with van der Waals surface area (Å²) in [6, 6.07) is 5.25. The van der Waals surface area contributed by atoms with Gasteiger partial charge in [-0.05, 0) is 64.3 Å². The number of aryl methyl sites for hydroxylation is 1. The van der Waals surface area contributed by atoms with Crippen molar-refractivity contribution in [2.75, 3.05) is 13.6 Å². The first-order chi connectivity index (χ1) is 8.99. The molecule has 19 heavy (non-hydrogen) atoms. The van der Waals surface area contributed by atoms with E-state index < -0.39 is 0 Å². The monoisotopic (exact) mass is 281 g/mol. The number of fused-ring (bicyclic) bond motifs is 1. The zero-order valence-electron chi connectivity index (χ0n) is 11.6. The van der Waals surface area contributed by atoms with Crippen molar-refractivity contribution in [1.29, 1.82) is 0 Å². The molecule has 0 radical (unpaired) electrons. The average molecular weight is 281 g/mol. The maximum atomic E-state index is 13.3. The van der Waals surface area contributed by atoms with E-state index in [9.17, 15) is 4.39 Å². The van der Waals surface area contributed by atoms with Gasteiger partial charge < -0.3 is 14.5 Å². The minimum absolute atomic E-state index is 0.227. The van der Waals surface area contributed by atoms with Gasteiger partial charge in [-0.25, -0.2) is 4.39 Å². The van der Waals surface area contributed by atoms with Gasteiger partial charge in [0.1, 0.15) is 5.82 Å². The Morgan fingerprint density at radius 3 is 2.84 bits per heavy atom. The Morgan fingerprint density at radius 1 is 1.42 bits per heavy atom. The number of hydrogen-bond donors (Lipinski definition) is 1. The van der Waals surface area contributed by atoms with E-state index in [2.05, 4.69) is 30.8 Å². The lowest BCUT2D eigenvalue weighted by Gasteiger charge is -2.20. The van der Waals surface area contributed by atoms with Gasteiger partial charge in [0.05, 0.1) is 11.0 Å². The third-order valence-corrected chi connectivity index (χ3v) is 3.83. The molecule has 5 heteroatoms. The highest BCUT2D eigenvalue weighted by molar-refractivity contribution is 7.71. The molecule has 0 bridgehead atoms. The van der Waals surface area contributed by atoms with E-state index in [0.29, 0.717) is 10.8 Å². The Hall–Kier alpha value is -1.20. The highest BCUT2D eigenvalue weighted by Crippen LogP contribution is 2.16. The van der Waals surface area contributed by atoms with Crippen LogP contribution in [0.5, 0.6) is 0 Å². The molecule has 2 aromatic rings. The summed E-state index contributed by atoms with van der Waals surface area (Å²) < 4.78 is 15.9. The van der Waals surface area contributed by atoms with Gasteiger partial charge in [-0.1, -0.05) is 0 Å². The van der Waals surface area contributed by atoms with Crippen LogP contribution < -0.4 is 0 Å². The third-order valence-electron chi connectivity index (χ3n) is 3.51. The lowest BCUT2D eigenvalue weighted by Crippen LogP contribution is -2.27. The van der Waals surface area contributed by atoms with Crippen molar-refractivity contribution >= 4 is 23.3 Å². The first-order valence-electron chi connectivity index (χ1n) is 6.57. The van der Waals surface area contributed by atoms with Crippen molar-refractivity contribution in [1.82, 2.24) is 14.5 Å². The highest BCUT2D eigenvalue weighted by atomic mass is 32.1. The zero-order chi connectivity index (χ0) is 14.0. The van der Waals surface area contributed by atoms with Crippen LogP contribution in [-0.2, 0) is 6.54 Å². The molecule has 104 valence electrons. The first kappa shape index (κ1) is 14.2. The number of H-pyrrole nitrogens is 1. The normalized spacial score (nSPS) is 11.9. The second-order valence-corrected chi connectivity index (χ2v) is 5.56. The number of nitrogens with one attached hydrogen (secondary N) is 1. The van der Waals surface area contributed by atoms with Crippen LogP contribution in [0.4, 0.5) is 4.39 Å². The molecule has 0 unspecified atom stereocenters. The van der Waals surface area contributed by atoms with Crippen LogP contribution in [-0.4, -0.2) is 34.1 Å². The van der Waals surface area contributed by atoms with Crippen molar-refractivity contribution in [2.45, 2.75) is 32.9 Å². The van der Waals surface area contributed by atoms with Crippen LogP contribution in [0.3, 0.4) is 0 Å². The van der Waals surface area contributed by atoms with Crippen molar-refractivity contribution < 1.29 is 4.39 Å². The maximum absolute atomic E-state index is 13.3. The van der Waals surface area contributed by atoms with E-state index in [1.165, 1.54) is 12.1 Å². The molecule has 1 aromatic carbocycles. The molecular weight excluding hydrogens is 261 g/mol. The molecule has 0 aliphatic rings. The van der Waals surface area contributed by atoms with Gasteiger partial charge >= 0.3 is 0 Å². The Balaban J connectivity index is 2.14. The molecule has 2 rings (SSSR count). The minimum atomic E-state index is -0.227. The summed E-state index contributed by atoms with van der Waals surface area (Å²) >= 11 is 5.30. The van der Waals surface area contributed by atoms with E-state index in [1.54, 1.807) is 6.07 Å². The van der Waals surface area contributed by atoms with Crippen LogP contribution in [0, 0.1) is 10.6 Å². The first-order valence-corrected chi connectivity index (χ1v) is 6.98. The number of nitrogens with zero attached hydrogens (tertiary/aromatic N) is 2. The molecule has 0 saturated heterocycles. The van der Waals surface area contributed by atoms with Gasteiger partial charge in [-0.15, -0.1) is 0 Å². The fraction of sp³-hybridized carbons (Fsp3) is 0.500. The SMILES string of the molecule is CC(C)N(C)CCCn1c(=S)[nH]c2ccc(F)cc21. The number of imidazole rings is 1. The number of halogens is 1. The largest absolute Gasteiger partial charge is 0.331 e. The fourth-order valence-electron chi connectivity index (χ4n) is 2.08. The Labute approximate surface area is 118 Å². The lowest BCUT2D eigenvalue weighted by molar-refractivity contribution is 0.266. The van der Waals surface area contributed by atoms with Crippen molar-refractivity contribution in [3.63, 3.8) is 0 Å². The van der Waals surface area contributed by atoms with Gasteiger partial charge in [0.2, 0.25) is 0 Å². The molecule has 0 saturated carbocycles.